The minimum Gasteiger partial charge on any atom is -1.00 e. The Morgan fingerprint density at radius 3 is 2.72 bits per heavy atom. The van der Waals surface area contributed by atoms with Crippen LogP contribution in [0.1, 0.15) is 53.1 Å². The standard InChI is InChI=1S/C21H24FN3O3.ClH/c1-11-18-14(12-2-3-12)8-15(21(27)28)20(26)25(18)9-16(22)19(11)24-7-5-13-4-6-23-17(13)10-24;/h8-9,12-13,17,23H,2-7,10H2,1H3,(H,27,28);1H/t13-,17+;/m0./s1. The number of nitrogens with zero attached hydrogens (tertiary/aromatic N) is 2. The van der Waals surface area contributed by atoms with E-state index in [1.165, 1.54) is 23.1 Å². The second-order valence-electron chi connectivity index (χ2n) is 8.54. The van der Waals surface area contributed by atoms with Gasteiger partial charge < -0.3 is 27.7 Å². The quantitative estimate of drug-likeness (QED) is 0.631. The maximum atomic E-state index is 15.2. The Bertz CT molecular complexity index is 1050. The molecule has 5 rings (SSSR count). The third kappa shape index (κ3) is 3.20. The van der Waals surface area contributed by atoms with Crippen LogP contribution in [0.2, 0.25) is 0 Å². The van der Waals surface area contributed by atoms with Crippen LogP contribution in [0.4, 0.5) is 10.1 Å². The predicted octanol–water partition coefficient (Wildman–Crippen LogP) is -1.51. The van der Waals surface area contributed by atoms with Crippen molar-refractivity contribution in [2.24, 2.45) is 5.92 Å². The summed E-state index contributed by atoms with van der Waals surface area (Å²) in [6, 6.07) is 2.02. The van der Waals surface area contributed by atoms with E-state index in [-0.39, 0.29) is 23.9 Å². The van der Waals surface area contributed by atoms with E-state index in [4.69, 9.17) is 0 Å². The zero-order valence-corrected chi connectivity index (χ0v) is 17.1. The number of halogens is 2. The molecule has 1 saturated carbocycles. The van der Waals surface area contributed by atoms with Crippen molar-refractivity contribution in [3.05, 3.63) is 45.1 Å². The first kappa shape index (κ1) is 20.2. The summed E-state index contributed by atoms with van der Waals surface area (Å²) in [6.45, 7) is 4.64. The zero-order chi connectivity index (χ0) is 19.6. The second kappa shape index (κ2) is 7.29. The van der Waals surface area contributed by atoms with Crippen LogP contribution in [-0.4, -0.2) is 41.2 Å². The first-order chi connectivity index (χ1) is 13.5. The summed E-state index contributed by atoms with van der Waals surface area (Å²) < 4.78 is 16.4. The first-order valence-electron chi connectivity index (χ1n) is 10.2. The molecule has 3 aliphatic rings. The van der Waals surface area contributed by atoms with E-state index >= 15 is 4.39 Å². The lowest BCUT2D eigenvalue weighted by molar-refractivity contribution is -0.671. The smallest absolute Gasteiger partial charge is 0.341 e. The molecule has 2 atom stereocenters. The monoisotopic (exact) mass is 421 g/mol. The molecule has 0 radical (unpaired) electrons. The maximum Gasteiger partial charge on any atom is 0.341 e. The van der Waals surface area contributed by atoms with Gasteiger partial charge in [0.2, 0.25) is 0 Å². The SMILES string of the molecule is Cc1c(N2CC[C@@H]3CC[NH2+][C@@H]3C2)c(F)cn2c(=O)c(C(=O)O)cc(C3CC3)c12.[Cl-]. The molecule has 0 aromatic carbocycles. The number of piperidine rings is 1. The van der Waals surface area contributed by atoms with Crippen molar-refractivity contribution >= 4 is 17.2 Å². The summed E-state index contributed by atoms with van der Waals surface area (Å²) in [5, 5.41) is 11.8. The molecular weight excluding hydrogens is 397 g/mol. The number of fused-ring (bicyclic) bond motifs is 2. The molecule has 2 saturated heterocycles. The maximum absolute atomic E-state index is 15.2. The third-order valence-corrected chi connectivity index (χ3v) is 6.82. The van der Waals surface area contributed by atoms with Crippen LogP contribution in [0.15, 0.2) is 17.1 Å². The van der Waals surface area contributed by atoms with Crippen molar-refractivity contribution in [1.29, 1.82) is 0 Å². The molecule has 156 valence electrons. The largest absolute Gasteiger partial charge is 1.00 e. The van der Waals surface area contributed by atoms with Crippen molar-refractivity contribution in [2.45, 2.75) is 44.6 Å². The molecule has 0 amide bonds. The second-order valence-corrected chi connectivity index (χ2v) is 8.54. The van der Waals surface area contributed by atoms with Gasteiger partial charge >= 0.3 is 5.97 Å². The average Bonchev–Trinajstić information content (AvgIpc) is 3.39. The van der Waals surface area contributed by atoms with Crippen molar-refractivity contribution < 1.29 is 32.0 Å². The van der Waals surface area contributed by atoms with E-state index in [2.05, 4.69) is 10.2 Å². The first-order valence-corrected chi connectivity index (χ1v) is 10.2. The Morgan fingerprint density at radius 2 is 2.03 bits per heavy atom. The Balaban J connectivity index is 0.00000205. The van der Waals surface area contributed by atoms with Gasteiger partial charge in [0.1, 0.15) is 11.6 Å². The van der Waals surface area contributed by atoms with Gasteiger partial charge in [0.05, 0.1) is 30.5 Å². The molecule has 1 aliphatic carbocycles. The predicted molar refractivity (Wildman–Crippen MR) is 103 cm³/mol. The molecule has 0 spiro atoms. The topological polar surface area (TPSA) is 78.6 Å². The van der Waals surface area contributed by atoms with Gasteiger partial charge in [0, 0.05) is 18.9 Å². The van der Waals surface area contributed by atoms with Crippen molar-refractivity contribution in [1.82, 2.24) is 4.40 Å². The van der Waals surface area contributed by atoms with Gasteiger partial charge in [0.25, 0.3) is 5.56 Å². The highest BCUT2D eigenvalue weighted by Gasteiger charge is 2.38. The van der Waals surface area contributed by atoms with Crippen molar-refractivity contribution in [3.63, 3.8) is 0 Å². The van der Waals surface area contributed by atoms with E-state index in [0.29, 0.717) is 23.2 Å². The summed E-state index contributed by atoms with van der Waals surface area (Å²) in [4.78, 5) is 26.4. The number of quaternary nitrogens is 1. The summed E-state index contributed by atoms with van der Waals surface area (Å²) in [5.74, 6) is -0.752. The van der Waals surface area contributed by atoms with Gasteiger partial charge in [-0.1, -0.05) is 0 Å². The Kier molecular flexibility index (Phi) is 5.07. The molecule has 2 aliphatic heterocycles. The highest BCUT2D eigenvalue weighted by Crippen LogP contribution is 2.44. The Morgan fingerprint density at radius 1 is 1.28 bits per heavy atom. The van der Waals surface area contributed by atoms with E-state index in [1.807, 2.05) is 6.92 Å². The van der Waals surface area contributed by atoms with Crippen LogP contribution in [-0.2, 0) is 0 Å². The van der Waals surface area contributed by atoms with E-state index in [1.54, 1.807) is 0 Å². The number of aryl methyl sites for hydroxylation is 1. The molecular formula is C21H25ClFN3O3. The molecule has 0 bridgehead atoms. The molecule has 0 unspecified atom stereocenters. The number of carbonyl (C=O) groups is 1. The average molecular weight is 422 g/mol. The zero-order valence-electron chi connectivity index (χ0n) is 16.3. The number of carboxylic acid groups (broad SMARTS) is 1. The molecule has 4 heterocycles. The summed E-state index contributed by atoms with van der Waals surface area (Å²) in [5.41, 5.74) is 1.91. The van der Waals surface area contributed by atoms with Crippen LogP contribution in [0, 0.1) is 18.7 Å². The number of carboxylic acids is 1. The van der Waals surface area contributed by atoms with Crippen molar-refractivity contribution in [2.75, 3.05) is 24.5 Å². The molecule has 3 fully saturated rings. The molecule has 6 nitrogen and oxygen atoms in total. The number of nitrogens with two attached hydrogens (primary N) is 1. The minimum atomic E-state index is -1.26. The van der Waals surface area contributed by atoms with Crippen LogP contribution in [0.25, 0.3) is 5.52 Å². The fourth-order valence-corrected chi connectivity index (χ4v) is 5.27. The lowest BCUT2D eigenvalue weighted by Crippen LogP contribution is -3.00. The number of hydrogen-bond donors (Lipinski definition) is 2. The normalized spacial score (nSPS) is 23.7. The number of rotatable bonds is 3. The van der Waals surface area contributed by atoms with Crippen LogP contribution in [0.5, 0.6) is 0 Å². The Hall–Kier alpha value is -2.12. The number of anilines is 1. The van der Waals surface area contributed by atoms with Gasteiger partial charge in [-0.25, -0.2) is 9.18 Å². The number of hydrogen-bond acceptors (Lipinski definition) is 3. The summed E-state index contributed by atoms with van der Waals surface area (Å²) >= 11 is 0. The number of pyridine rings is 2. The van der Waals surface area contributed by atoms with Crippen LogP contribution >= 0.6 is 0 Å². The van der Waals surface area contributed by atoms with Gasteiger partial charge in [-0.05, 0) is 49.3 Å². The molecule has 3 N–H and O–H groups in total. The number of aromatic nitrogens is 1. The van der Waals surface area contributed by atoms with Gasteiger partial charge in [-0.3, -0.25) is 9.20 Å². The highest BCUT2D eigenvalue weighted by molar-refractivity contribution is 5.89. The summed E-state index contributed by atoms with van der Waals surface area (Å²) in [7, 11) is 0. The third-order valence-electron chi connectivity index (χ3n) is 6.82. The number of aromatic carboxylic acids is 1. The highest BCUT2D eigenvalue weighted by atomic mass is 35.5. The molecule has 29 heavy (non-hydrogen) atoms. The van der Waals surface area contributed by atoms with E-state index < -0.39 is 17.3 Å². The fraction of sp³-hybridized carbons (Fsp3) is 0.524. The van der Waals surface area contributed by atoms with Crippen molar-refractivity contribution in [3.8, 4) is 0 Å². The van der Waals surface area contributed by atoms with Gasteiger partial charge in [0.15, 0.2) is 5.82 Å². The lowest BCUT2D eigenvalue weighted by Gasteiger charge is -2.35. The van der Waals surface area contributed by atoms with E-state index in [0.717, 1.165) is 50.0 Å². The van der Waals surface area contributed by atoms with Crippen LogP contribution in [0.3, 0.4) is 0 Å². The van der Waals surface area contributed by atoms with Gasteiger partial charge in [-0.15, -0.1) is 0 Å². The molecule has 2 aromatic rings. The fourth-order valence-electron chi connectivity index (χ4n) is 5.27. The van der Waals surface area contributed by atoms with Crippen LogP contribution < -0.4 is 28.2 Å². The minimum absolute atomic E-state index is 0. The molecule has 8 heteroatoms. The lowest BCUT2D eigenvalue weighted by atomic mass is 9.91. The van der Waals surface area contributed by atoms with E-state index in [9.17, 15) is 14.7 Å². The Labute approximate surface area is 174 Å². The summed E-state index contributed by atoms with van der Waals surface area (Å²) in [6.07, 6.45) is 5.44. The molecule has 2 aromatic heterocycles. The van der Waals surface area contributed by atoms with Gasteiger partial charge in [-0.2, -0.15) is 0 Å².